The second kappa shape index (κ2) is 5.41. The van der Waals surface area contributed by atoms with Gasteiger partial charge in [-0.25, -0.2) is 0 Å². The Bertz CT molecular complexity index is 745. The largest absolute Gasteiger partial charge is 0.482 e. The molecule has 0 N–H and O–H groups in total. The summed E-state index contributed by atoms with van der Waals surface area (Å²) in [6.07, 6.45) is 0.262. The first-order valence-corrected chi connectivity index (χ1v) is 8.33. The smallest absolute Gasteiger partial charge is 0.170 e. The molecule has 1 aliphatic rings. The molecule has 21 heavy (non-hydrogen) atoms. The summed E-state index contributed by atoms with van der Waals surface area (Å²) < 4.78 is 7.87. The van der Waals surface area contributed by atoms with Gasteiger partial charge in [0.05, 0.1) is 12.0 Å². The van der Waals surface area contributed by atoms with Crippen molar-refractivity contribution in [2.75, 3.05) is 0 Å². The van der Waals surface area contributed by atoms with Crippen LogP contribution in [0.3, 0.4) is 0 Å². The van der Waals surface area contributed by atoms with Crippen LogP contribution >= 0.6 is 43.5 Å². The van der Waals surface area contributed by atoms with Crippen LogP contribution < -0.4 is 4.74 Å². The molecule has 0 fully saturated rings. The van der Waals surface area contributed by atoms with Crippen LogP contribution in [0, 0.1) is 0 Å². The number of ketones is 1. The summed E-state index contributed by atoms with van der Waals surface area (Å²) in [5.41, 5.74) is 0.666. The number of Topliss-reactive ketones (excluding diaryl/α,β-unsaturated/α-hetero) is 1. The minimum Gasteiger partial charge on any atom is -0.482 e. The Hall–Kier alpha value is -0.840. The van der Waals surface area contributed by atoms with Gasteiger partial charge in [-0.1, -0.05) is 49.5 Å². The molecule has 0 amide bonds. The molecule has 1 heterocycles. The molecule has 1 aliphatic heterocycles. The first-order chi connectivity index (χ1) is 9.89. The lowest BCUT2D eigenvalue weighted by molar-refractivity contribution is 0.0504. The summed E-state index contributed by atoms with van der Waals surface area (Å²) in [7, 11) is 0. The van der Waals surface area contributed by atoms with Crippen LogP contribution in [-0.4, -0.2) is 5.78 Å². The van der Waals surface area contributed by atoms with Gasteiger partial charge in [-0.15, -0.1) is 0 Å². The molecule has 108 valence electrons. The van der Waals surface area contributed by atoms with Crippen molar-refractivity contribution in [3.63, 3.8) is 0 Å². The van der Waals surface area contributed by atoms with Gasteiger partial charge in [-0.3, -0.25) is 4.79 Å². The lowest BCUT2D eigenvalue weighted by Gasteiger charge is -2.36. The van der Waals surface area contributed by atoms with Crippen molar-refractivity contribution in [3.8, 4) is 5.75 Å². The van der Waals surface area contributed by atoms with Crippen molar-refractivity contribution in [2.24, 2.45) is 0 Å². The predicted molar refractivity (Wildman–Crippen MR) is 90.2 cm³/mol. The third-order valence-corrected chi connectivity index (χ3v) is 4.88. The van der Waals surface area contributed by atoms with E-state index in [1.54, 1.807) is 6.07 Å². The lowest BCUT2D eigenvalue weighted by Crippen LogP contribution is -2.36. The maximum atomic E-state index is 12.5. The highest BCUT2D eigenvalue weighted by atomic mass is 79.9. The van der Waals surface area contributed by atoms with Crippen LogP contribution in [0.1, 0.15) is 29.3 Å². The maximum absolute atomic E-state index is 12.5. The molecule has 0 radical (unpaired) electrons. The molecule has 0 aromatic heterocycles. The molecule has 5 heteroatoms. The van der Waals surface area contributed by atoms with E-state index >= 15 is 0 Å². The van der Waals surface area contributed by atoms with Crippen molar-refractivity contribution in [1.82, 2.24) is 0 Å². The van der Waals surface area contributed by atoms with Crippen molar-refractivity contribution in [3.05, 3.63) is 61.5 Å². The van der Waals surface area contributed by atoms with Crippen molar-refractivity contribution in [2.45, 2.75) is 18.9 Å². The summed E-state index contributed by atoms with van der Waals surface area (Å²) in [5.74, 6) is 0.648. The molecule has 3 rings (SSSR count). The van der Waals surface area contributed by atoms with E-state index in [0.29, 0.717) is 16.3 Å². The highest BCUT2D eigenvalue weighted by molar-refractivity contribution is 9.10. The quantitative estimate of drug-likeness (QED) is 0.576. The van der Waals surface area contributed by atoms with E-state index in [1.165, 1.54) is 0 Å². The normalized spacial score (nSPS) is 20.9. The zero-order valence-corrected chi connectivity index (χ0v) is 15.0. The standard InChI is InChI=1S/C16H11Br2ClO2/c1-16(12-4-2-10(18)7-13(12)19)8-14(20)11-6-9(17)3-5-15(11)21-16/h2-7H,8H2,1H3. The number of carbonyl (C=O) groups is 1. The summed E-state index contributed by atoms with van der Waals surface area (Å²) in [5, 5.41) is 0.584. The molecule has 0 spiro atoms. The van der Waals surface area contributed by atoms with Crippen LogP contribution in [-0.2, 0) is 5.60 Å². The first kappa shape index (κ1) is 15.1. The Balaban J connectivity index is 2.08. The molecule has 2 aromatic rings. The van der Waals surface area contributed by atoms with E-state index in [2.05, 4.69) is 31.9 Å². The SMILES string of the molecule is CC1(c2ccc(Br)cc2Cl)CC(=O)c2cc(Br)ccc2O1. The number of carbonyl (C=O) groups excluding carboxylic acids is 1. The molecular formula is C16H11Br2ClO2. The van der Waals surface area contributed by atoms with Crippen LogP contribution in [0.4, 0.5) is 0 Å². The third kappa shape index (κ3) is 2.77. The number of halogens is 3. The predicted octanol–water partition coefficient (Wildman–Crippen LogP) is 5.75. The first-order valence-electron chi connectivity index (χ1n) is 6.36. The minimum absolute atomic E-state index is 0.0547. The Morgan fingerprint density at radius 1 is 1.14 bits per heavy atom. The second-order valence-electron chi connectivity index (χ2n) is 5.20. The number of hydrogen-bond acceptors (Lipinski definition) is 2. The number of rotatable bonds is 1. The van der Waals surface area contributed by atoms with Gasteiger partial charge in [0.2, 0.25) is 0 Å². The van der Waals surface area contributed by atoms with Gasteiger partial charge in [0.15, 0.2) is 5.78 Å². The molecule has 0 aliphatic carbocycles. The van der Waals surface area contributed by atoms with Gasteiger partial charge in [-0.05, 0) is 37.3 Å². The molecule has 0 saturated carbocycles. The molecule has 2 aromatic carbocycles. The van der Waals surface area contributed by atoms with Gasteiger partial charge in [0.1, 0.15) is 11.4 Å². The molecule has 1 atom stereocenters. The van der Waals surface area contributed by atoms with Crippen LogP contribution in [0.2, 0.25) is 5.02 Å². The zero-order chi connectivity index (χ0) is 15.2. The molecule has 0 bridgehead atoms. The monoisotopic (exact) mass is 428 g/mol. The van der Waals surface area contributed by atoms with E-state index in [4.69, 9.17) is 16.3 Å². The van der Waals surface area contributed by atoms with Crippen LogP contribution in [0.5, 0.6) is 5.75 Å². The summed E-state index contributed by atoms with van der Waals surface area (Å²) in [6.45, 7) is 1.89. The van der Waals surface area contributed by atoms with E-state index in [9.17, 15) is 4.79 Å². The molecular weight excluding hydrogens is 419 g/mol. The minimum atomic E-state index is -0.754. The van der Waals surface area contributed by atoms with E-state index in [1.807, 2.05) is 37.3 Å². The van der Waals surface area contributed by atoms with Gasteiger partial charge >= 0.3 is 0 Å². The Labute approximate surface area is 144 Å². The highest BCUT2D eigenvalue weighted by Crippen LogP contribution is 2.42. The van der Waals surface area contributed by atoms with Gasteiger partial charge in [-0.2, -0.15) is 0 Å². The average molecular weight is 431 g/mol. The topological polar surface area (TPSA) is 26.3 Å². The van der Waals surface area contributed by atoms with E-state index in [-0.39, 0.29) is 12.2 Å². The van der Waals surface area contributed by atoms with E-state index in [0.717, 1.165) is 14.5 Å². The fourth-order valence-electron chi connectivity index (χ4n) is 2.56. The summed E-state index contributed by atoms with van der Waals surface area (Å²) >= 11 is 13.1. The molecule has 0 saturated heterocycles. The number of benzene rings is 2. The Morgan fingerprint density at radius 2 is 1.81 bits per heavy atom. The Kier molecular flexibility index (Phi) is 3.89. The van der Waals surface area contributed by atoms with Crippen molar-refractivity contribution in [1.29, 1.82) is 0 Å². The zero-order valence-electron chi connectivity index (χ0n) is 11.1. The molecule has 2 nitrogen and oxygen atoms in total. The lowest BCUT2D eigenvalue weighted by atomic mass is 9.85. The Morgan fingerprint density at radius 3 is 2.52 bits per heavy atom. The summed E-state index contributed by atoms with van der Waals surface area (Å²) in [6, 6.07) is 11.1. The number of ether oxygens (including phenoxy) is 1. The van der Waals surface area contributed by atoms with Gasteiger partial charge in [0, 0.05) is 19.5 Å². The fourth-order valence-corrected chi connectivity index (χ4v) is 3.79. The van der Waals surface area contributed by atoms with E-state index < -0.39 is 5.60 Å². The average Bonchev–Trinajstić information content (AvgIpc) is 2.39. The van der Waals surface area contributed by atoms with Crippen LogP contribution in [0.15, 0.2) is 45.3 Å². The summed E-state index contributed by atoms with van der Waals surface area (Å²) in [4.78, 5) is 12.5. The number of fused-ring (bicyclic) bond motifs is 1. The highest BCUT2D eigenvalue weighted by Gasteiger charge is 2.39. The van der Waals surface area contributed by atoms with Gasteiger partial charge < -0.3 is 4.74 Å². The van der Waals surface area contributed by atoms with Crippen LogP contribution in [0.25, 0.3) is 0 Å². The third-order valence-electron chi connectivity index (χ3n) is 3.58. The van der Waals surface area contributed by atoms with Crippen molar-refractivity contribution < 1.29 is 9.53 Å². The van der Waals surface area contributed by atoms with Crippen molar-refractivity contribution >= 4 is 49.2 Å². The molecule has 1 unspecified atom stereocenters. The second-order valence-corrected chi connectivity index (χ2v) is 7.44. The van der Waals surface area contributed by atoms with Gasteiger partial charge in [0.25, 0.3) is 0 Å². The fraction of sp³-hybridized carbons (Fsp3) is 0.188. The number of hydrogen-bond donors (Lipinski definition) is 0. The maximum Gasteiger partial charge on any atom is 0.170 e.